The molecule has 0 spiro atoms. The Kier molecular flexibility index (Phi) is 5.74. The number of carbonyl (C=O) groups is 2. The number of nitrogens with one attached hydrogen (secondary N) is 1. The number of amides is 2. The number of hydrogen-bond acceptors (Lipinski definition) is 9. The maximum atomic E-state index is 13.3. The summed E-state index contributed by atoms with van der Waals surface area (Å²) >= 11 is 0. The van der Waals surface area contributed by atoms with Gasteiger partial charge in [0.05, 0.1) is 25.4 Å². The van der Waals surface area contributed by atoms with Gasteiger partial charge in [0.15, 0.2) is 17.3 Å². The summed E-state index contributed by atoms with van der Waals surface area (Å²) in [6.45, 7) is 5.95. The first-order valence-electron chi connectivity index (χ1n) is 11.2. The molecule has 0 unspecified atom stereocenters. The predicted molar refractivity (Wildman–Crippen MR) is 122 cm³/mol. The van der Waals surface area contributed by atoms with Crippen LogP contribution in [0.3, 0.4) is 0 Å². The van der Waals surface area contributed by atoms with Gasteiger partial charge in [0, 0.05) is 19.2 Å². The molecule has 2 aromatic heterocycles. The molecule has 5 heterocycles. The smallest absolute Gasteiger partial charge is 0.356 e. The first-order valence-corrected chi connectivity index (χ1v) is 11.2. The fourth-order valence-corrected chi connectivity index (χ4v) is 4.45. The summed E-state index contributed by atoms with van der Waals surface area (Å²) in [5.74, 6) is -0.0365. The van der Waals surface area contributed by atoms with E-state index in [4.69, 9.17) is 18.9 Å². The van der Waals surface area contributed by atoms with Crippen molar-refractivity contribution in [3.63, 3.8) is 0 Å². The average molecular weight is 469 g/mol. The summed E-state index contributed by atoms with van der Waals surface area (Å²) in [6.07, 6.45) is 0.605. The lowest BCUT2D eigenvalue weighted by Gasteiger charge is -2.35. The van der Waals surface area contributed by atoms with Gasteiger partial charge in [-0.1, -0.05) is 6.07 Å². The van der Waals surface area contributed by atoms with E-state index in [2.05, 4.69) is 20.2 Å². The average Bonchev–Trinajstić information content (AvgIpc) is 3.40. The van der Waals surface area contributed by atoms with Gasteiger partial charge in [-0.15, -0.1) is 0 Å². The normalized spacial score (nSPS) is 22.3. The predicted octanol–water partition coefficient (Wildman–Crippen LogP) is 2.42. The van der Waals surface area contributed by atoms with Crippen molar-refractivity contribution in [2.45, 2.75) is 38.2 Å². The Morgan fingerprint density at radius 3 is 2.85 bits per heavy atom. The molecule has 11 heteroatoms. The van der Waals surface area contributed by atoms with Gasteiger partial charge >= 0.3 is 12.0 Å². The van der Waals surface area contributed by atoms with Gasteiger partial charge in [0.2, 0.25) is 5.88 Å². The fraction of sp³-hybridized carbons (Fsp3) is 0.478. The number of methoxy groups -OCH3 is 1. The first-order chi connectivity index (χ1) is 16.3. The third kappa shape index (κ3) is 4.36. The third-order valence-electron chi connectivity index (χ3n) is 6.01. The quantitative estimate of drug-likeness (QED) is 0.659. The molecule has 11 nitrogen and oxygen atoms in total. The summed E-state index contributed by atoms with van der Waals surface area (Å²) in [7, 11) is 1.30. The molecular weight excluding hydrogens is 442 g/mol. The molecule has 3 aliphatic rings. The highest BCUT2D eigenvalue weighted by molar-refractivity contribution is 6.04. The standard InChI is InChI=1S/C23H27N5O6/c1-23(2)33-13-15(34-23)12-32-19-6-4-5-18(25-19)26-22(30)28-14-9-10-27(11-14)17-8-7-16(21(29)31-3)24-20(17)28/h4-8,14-15H,9-13H2,1-3H3,(H,25,26,30)/t14-,15+/m0/s1. The number of aromatic nitrogens is 2. The van der Waals surface area contributed by atoms with Crippen LogP contribution >= 0.6 is 0 Å². The van der Waals surface area contributed by atoms with E-state index in [1.165, 1.54) is 7.11 Å². The minimum Gasteiger partial charge on any atom is -0.475 e. The van der Waals surface area contributed by atoms with Crippen LogP contribution in [-0.4, -0.2) is 73.3 Å². The Hall–Kier alpha value is -3.44. The number of fused-ring (bicyclic) bond motifs is 4. The van der Waals surface area contributed by atoms with Crippen molar-refractivity contribution < 1.29 is 28.5 Å². The molecule has 3 aliphatic heterocycles. The number of ether oxygens (including phenoxy) is 4. The van der Waals surface area contributed by atoms with E-state index in [1.807, 2.05) is 13.8 Å². The second-order valence-electron chi connectivity index (χ2n) is 8.84. The number of urea groups is 1. The fourth-order valence-electron chi connectivity index (χ4n) is 4.45. The van der Waals surface area contributed by atoms with Crippen LogP contribution in [0, 0.1) is 0 Å². The zero-order chi connectivity index (χ0) is 23.9. The van der Waals surface area contributed by atoms with Crippen LogP contribution in [0.1, 0.15) is 30.8 Å². The van der Waals surface area contributed by atoms with Crippen molar-refractivity contribution in [3.05, 3.63) is 36.0 Å². The molecular formula is C23H27N5O6. The lowest BCUT2D eigenvalue weighted by molar-refractivity contribution is -0.141. The van der Waals surface area contributed by atoms with Crippen molar-refractivity contribution in [3.8, 4) is 5.88 Å². The molecule has 180 valence electrons. The molecule has 0 radical (unpaired) electrons. The summed E-state index contributed by atoms with van der Waals surface area (Å²) < 4.78 is 21.8. The number of esters is 1. The molecule has 0 aliphatic carbocycles. The highest BCUT2D eigenvalue weighted by atomic mass is 16.7. The van der Waals surface area contributed by atoms with Gasteiger partial charge in [0.1, 0.15) is 18.5 Å². The van der Waals surface area contributed by atoms with Crippen molar-refractivity contribution in [1.29, 1.82) is 0 Å². The Balaban J connectivity index is 1.31. The Morgan fingerprint density at radius 1 is 1.24 bits per heavy atom. The summed E-state index contributed by atoms with van der Waals surface area (Å²) in [4.78, 5) is 38.0. The van der Waals surface area contributed by atoms with E-state index >= 15 is 0 Å². The van der Waals surface area contributed by atoms with Crippen LogP contribution in [0.15, 0.2) is 30.3 Å². The SMILES string of the molecule is COC(=O)c1ccc2c(n1)N(C(=O)Nc1cccc(OC[C@@H]3COC(C)(C)O3)n1)[C@H]1CCN2C1. The summed E-state index contributed by atoms with van der Waals surface area (Å²) in [5, 5.41) is 2.84. The monoisotopic (exact) mass is 469 g/mol. The Bertz CT molecular complexity index is 1110. The van der Waals surface area contributed by atoms with E-state index in [9.17, 15) is 9.59 Å². The number of hydrogen-bond donors (Lipinski definition) is 1. The van der Waals surface area contributed by atoms with Crippen LogP contribution in [-0.2, 0) is 14.2 Å². The molecule has 2 saturated heterocycles. The van der Waals surface area contributed by atoms with Gasteiger partial charge < -0.3 is 23.8 Å². The molecule has 1 N–H and O–H groups in total. The van der Waals surface area contributed by atoms with Crippen LogP contribution < -0.4 is 19.9 Å². The summed E-state index contributed by atoms with van der Waals surface area (Å²) in [6, 6.07) is 8.14. The molecule has 2 amide bonds. The zero-order valence-electron chi connectivity index (χ0n) is 19.3. The van der Waals surface area contributed by atoms with Gasteiger partial charge in [0.25, 0.3) is 0 Å². The molecule has 34 heavy (non-hydrogen) atoms. The van der Waals surface area contributed by atoms with Crippen molar-refractivity contribution in [1.82, 2.24) is 9.97 Å². The van der Waals surface area contributed by atoms with E-state index in [0.29, 0.717) is 30.7 Å². The number of pyridine rings is 2. The van der Waals surface area contributed by atoms with Gasteiger partial charge in [-0.3, -0.25) is 10.2 Å². The molecule has 5 rings (SSSR count). The Morgan fingerprint density at radius 2 is 2.09 bits per heavy atom. The molecule has 2 atom stereocenters. The van der Waals surface area contributed by atoms with Crippen molar-refractivity contribution >= 4 is 29.3 Å². The molecule has 2 fully saturated rings. The first kappa shape index (κ1) is 22.4. The Labute approximate surface area is 197 Å². The molecule has 2 bridgehead atoms. The second-order valence-corrected chi connectivity index (χ2v) is 8.84. The van der Waals surface area contributed by atoms with Crippen LogP contribution in [0.2, 0.25) is 0 Å². The maximum absolute atomic E-state index is 13.3. The third-order valence-corrected chi connectivity index (χ3v) is 6.01. The largest absolute Gasteiger partial charge is 0.475 e. The summed E-state index contributed by atoms with van der Waals surface area (Å²) in [5.41, 5.74) is 0.958. The van der Waals surface area contributed by atoms with Gasteiger partial charge in [-0.2, -0.15) is 4.98 Å². The number of nitrogens with zero attached hydrogens (tertiary/aromatic N) is 4. The van der Waals surface area contributed by atoms with E-state index < -0.39 is 11.8 Å². The molecule has 0 aromatic carbocycles. The van der Waals surface area contributed by atoms with Crippen LogP contribution in [0.4, 0.5) is 22.1 Å². The van der Waals surface area contributed by atoms with Crippen molar-refractivity contribution in [2.24, 2.45) is 0 Å². The van der Waals surface area contributed by atoms with E-state index in [-0.39, 0.29) is 30.5 Å². The lowest BCUT2D eigenvalue weighted by atomic mass is 10.2. The topological polar surface area (TPSA) is 115 Å². The molecule has 0 saturated carbocycles. The second kappa shape index (κ2) is 8.73. The van der Waals surface area contributed by atoms with Gasteiger partial charge in [-0.05, 0) is 38.5 Å². The maximum Gasteiger partial charge on any atom is 0.356 e. The molecule has 2 aromatic rings. The minimum atomic E-state index is -0.625. The highest BCUT2D eigenvalue weighted by Gasteiger charge is 2.40. The highest BCUT2D eigenvalue weighted by Crippen LogP contribution is 2.39. The minimum absolute atomic E-state index is 0.0600. The van der Waals surface area contributed by atoms with Gasteiger partial charge in [-0.25, -0.2) is 14.6 Å². The lowest BCUT2D eigenvalue weighted by Crippen LogP contribution is -2.48. The van der Waals surface area contributed by atoms with Crippen LogP contribution in [0.25, 0.3) is 0 Å². The number of rotatable bonds is 5. The zero-order valence-corrected chi connectivity index (χ0v) is 19.3. The van der Waals surface area contributed by atoms with E-state index in [0.717, 1.165) is 18.7 Å². The van der Waals surface area contributed by atoms with E-state index in [1.54, 1.807) is 35.2 Å². The van der Waals surface area contributed by atoms with Crippen molar-refractivity contribution in [2.75, 3.05) is 48.5 Å². The number of carbonyl (C=O) groups excluding carboxylic acids is 2. The van der Waals surface area contributed by atoms with Crippen LogP contribution in [0.5, 0.6) is 5.88 Å². The number of anilines is 3.